The molecule has 24 heavy (non-hydrogen) atoms. The van der Waals surface area contributed by atoms with Crippen LogP contribution in [0, 0.1) is 15.9 Å². The van der Waals surface area contributed by atoms with Gasteiger partial charge in [-0.2, -0.15) is 5.10 Å². The fraction of sp³-hybridized carbons (Fsp3) is 0.214. The first-order valence-electron chi connectivity index (χ1n) is 6.76. The van der Waals surface area contributed by atoms with E-state index in [0.717, 1.165) is 11.8 Å². The average Bonchev–Trinajstić information content (AvgIpc) is 2.92. The van der Waals surface area contributed by atoms with E-state index in [1.807, 2.05) is 0 Å². The maximum absolute atomic E-state index is 12.9. The van der Waals surface area contributed by atoms with Gasteiger partial charge in [0.25, 0.3) is 0 Å². The van der Waals surface area contributed by atoms with Crippen LogP contribution in [0.1, 0.15) is 12.5 Å². The summed E-state index contributed by atoms with van der Waals surface area (Å²) >= 11 is 0.994. The number of nitro groups is 1. The summed E-state index contributed by atoms with van der Waals surface area (Å²) in [5.74, 6) is -1.12. The Morgan fingerprint density at radius 3 is 2.75 bits per heavy atom. The lowest BCUT2D eigenvalue weighted by molar-refractivity contribution is -0.392. The second-order valence-corrected chi connectivity index (χ2v) is 5.73. The molecule has 0 aliphatic heterocycles. The van der Waals surface area contributed by atoms with Gasteiger partial charge in [-0.25, -0.2) is 9.82 Å². The van der Waals surface area contributed by atoms with Crippen LogP contribution in [0.15, 0.2) is 40.7 Å². The number of hydrazone groups is 1. The number of hydrogen-bond acceptors (Lipinski definition) is 6. The van der Waals surface area contributed by atoms with Gasteiger partial charge in [0.2, 0.25) is 12.2 Å². The van der Waals surface area contributed by atoms with Crippen molar-refractivity contribution >= 4 is 29.2 Å². The Hall–Kier alpha value is -2.75. The Balaban J connectivity index is 1.94. The standard InChI is InChI=1S/C14H14FN5O3S/c1-9(10-3-5-11(15)6-4-10)17-18-12(21)7-24-14-13(20(22)23)16-8-19(14)2/h3-6,8H,7H2,1-2H3,(H,18,21)/b17-9+. The zero-order chi connectivity index (χ0) is 17.7. The van der Waals surface area contributed by atoms with E-state index in [0.29, 0.717) is 11.3 Å². The van der Waals surface area contributed by atoms with Gasteiger partial charge in [-0.1, -0.05) is 23.9 Å². The Labute approximate surface area is 140 Å². The van der Waals surface area contributed by atoms with Crippen LogP contribution in [-0.2, 0) is 11.8 Å². The number of benzene rings is 1. The van der Waals surface area contributed by atoms with Gasteiger partial charge in [0.1, 0.15) is 5.82 Å². The fourth-order valence-corrected chi connectivity index (χ4v) is 2.61. The maximum atomic E-state index is 12.9. The number of carbonyl (C=O) groups is 1. The molecule has 2 aromatic rings. The number of aromatic nitrogens is 2. The molecule has 0 atom stereocenters. The van der Waals surface area contributed by atoms with Crippen molar-refractivity contribution in [1.82, 2.24) is 15.0 Å². The topological polar surface area (TPSA) is 102 Å². The molecule has 0 saturated carbocycles. The van der Waals surface area contributed by atoms with E-state index < -0.39 is 10.8 Å². The molecule has 1 aromatic carbocycles. The van der Waals surface area contributed by atoms with Crippen LogP contribution in [0.3, 0.4) is 0 Å². The lowest BCUT2D eigenvalue weighted by atomic mass is 10.1. The van der Waals surface area contributed by atoms with E-state index in [1.54, 1.807) is 26.1 Å². The molecule has 0 aliphatic rings. The summed E-state index contributed by atoms with van der Waals surface area (Å²) in [5, 5.41) is 15.1. The third-order valence-electron chi connectivity index (χ3n) is 2.99. The van der Waals surface area contributed by atoms with Crippen LogP contribution in [0.25, 0.3) is 0 Å². The number of amides is 1. The highest BCUT2D eigenvalue weighted by Gasteiger charge is 2.21. The van der Waals surface area contributed by atoms with Crippen molar-refractivity contribution in [3.8, 4) is 0 Å². The molecule has 0 spiro atoms. The molecule has 1 heterocycles. The summed E-state index contributed by atoms with van der Waals surface area (Å²) in [6.07, 6.45) is 1.31. The highest BCUT2D eigenvalue weighted by atomic mass is 32.2. The predicted octanol–water partition coefficient (Wildman–Crippen LogP) is 2.10. The van der Waals surface area contributed by atoms with Gasteiger partial charge in [-0.05, 0) is 34.5 Å². The van der Waals surface area contributed by atoms with E-state index >= 15 is 0 Å². The van der Waals surface area contributed by atoms with Gasteiger partial charge in [-0.15, -0.1) is 0 Å². The molecule has 0 bridgehead atoms. The van der Waals surface area contributed by atoms with Gasteiger partial charge < -0.3 is 14.7 Å². The average molecular weight is 351 g/mol. The first-order valence-corrected chi connectivity index (χ1v) is 7.74. The highest BCUT2D eigenvalue weighted by molar-refractivity contribution is 8.00. The van der Waals surface area contributed by atoms with E-state index in [4.69, 9.17) is 0 Å². The normalized spacial score (nSPS) is 11.4. The number of carbonyl (C=O) groups excluding carboxylic acids is 1. The van der Waals surface area contributed by atoms with Crippen molar-refractivity contribution in [1.29, 1.82) is 0 Å². The third kappa shape index (κ3) is 4.38. The minimum Gasteiger partial charge on any atom is -0.358 e. The number of thioether (sulfide) groups is 1. The monoisotopic (exact) mass is 351 g/mol. The van der Waals surface area contributed by atoms with Gasteiger partial charge in [0.05, 0.1) is 11.5 Å². The summed E-state index contributed by atoms with van der Waals surface area (Å²) in [5.41, 5.74) is 3.55. The largest absolute Gasteiger partial charge is 0.395 e. The lowest BCUT2D eigenvalue weighted by Gasteiger charge is -2.03. The molecule has 0 radical (unpaired) electrons. The highest BCUT2D eigenvalue weighted by Crippen LogP contribution is 2.26. The Morgan fingerprint density at radius 1 is 1.46 bits per heavy atom. The summed E-state index contributed by atoms with van der Waals surface area (Å²) in [6, 6.07) is 5.70. The van der Waals surface area contributed by atoms with Crippen molar-refractivity contribution in [2.24, 2.45) is 12.1 Å². The van der Waals surface area contributed by atoms with Gasteiger partial charge in [-0.3, -0.25) is 4.79 Å². The second-order valence-electron chi connectivity index (χ2n) is 4.77. The molecule has 10 heteroatoms. The van der Waals surface area contributed by atoms with Gasteiger partial charge in [0, 0.05) is 7.05 Å². The number of hydrogen-bond donors (Lipinski definition) is 1. The van der Waals surface area contributed by atoms with E-state index in [2.05, 4.69) is 15.5 Å². The predicted molar refractivity (Wildman–Crippen MR) is 87.3 cm³/mol. The lowest BCUT2D eigenvalue weighted by Crippen LogP contribution is -2.21. The van der Waals surface area contributed by atoms with E-state index in [-0.39, 0.29) is 22.4 Å². The molecule has 1 amide bonds. The molecule has 8 nitrogen and oxygen atoms in total. The molecular weight excluding hydrogens is 337 g/mol. The third-order valence-corrected chi connectivity index (χ3v) is 4.14. The first kappa shape index (κ1) is 17.6. The Kier molecular flexibility index (Phi) is 5.64. The Morgan fingerprint density at radius 2 is 2.12 bits per heavy atom. The summed E-state index contributed by atoms with van der Waals surface area (Å²) in [7, 11) is 1.61. The quantitative estimate of drug-likeness (QED) is 0.372. The molecule has 0 unspecified atom stereocenters. The SMILES string of the molecule is C/C(=N\NC(=O)CSc1c([N+](=O)[O-])ncn1C)c1ccc(F)cc1. The fourth-order valence-electron chi connectivity index (χ4n) is 1.77. The second kappa shape index (κ2) is 7.68. The van der Waals surface area contributed by atoms with Crippen molar-refractivity contribution in [3.63, 3.8) is 0 Å². The van der Waals surface area contributed by atoms with Crippen LogP contribution < -0.4 is 5.43 Å². The number of rotatable bonds is 6. The Bertz CT molecular complexity index is 788. The number of nitrogens with one attached hydrogen (secondary N) is 1. The van der Waals surface area contributed by atoms with Crippen molar-refractivity contribution in [2.75, 3.05) is 5.75 Å². The smallest absolute Gasteiger partial charge is 0.358 e. The molecule has 0 fully saturated rings. The summed E-state index contributed by atoms with van der Waals surface area (Å²) in [6.45, 7) is 1.67. The molecule has 1 N–H and O–H groups in total. The van der Waals surface area contributed by atoms with Crippen LogP contribution in [0.5, 0.6) is 0 Å². The van der Waals surface area contributed by atoms with E-state index in [1.165, 1.54) is 23.0 Å². The number of nitrogens with zero attached hydrogens (tertiary/aromatic N) is 4. The minimum atomic E-state index is -0.600. The summed E-state index contributed by atoms with van der Waals surface area (Å²) in [4.78, 5) is 25.7. The molecule has 0 aliphatic carbocycles. The van der Waals surface area contributed by atoms with Crippen LogP contribution >= 0.6 is 11.8 Å². The number of imidazole rings is 1. The minimum absolute atomic E-state index is 0.0550. The van der Waals surface area contributed by atoms with E-state index in [9.17, 15) is 19.3 Å². The first-order chi connectivity index (χ1) is 11.4. The van der Waals surface area contributed by atoms with Gasteiger partial charge >= 0.3 is 5.82 Å². The number of halogens is 1. The molecule has 0 saturated heterocycles. The number of aryl methyl sites for hydroxylation is 1. The molecule has 1 aromatic heterocycles. The maximum Gasteiger partial charge on any atom is 0.395 e. The van der Waals surface area contributed by atoms with Crippen LogP contribution in [0.2, 0.25) is 0 Å². The summed E-state index contributed by atoms with van der Waals surface area (Å²) < 4.78 is 14.3. The van der Waals surface area contributed by atoms with Crippen molar-refractivity contribution < 1.29 is 14.1 Å². The van der Waals surface area contributed by atoms with Crippen LogP contribution in [-0.4, -0.2) is 31.8 Å². The van der Waals surface area contributed by atoms with Crippen molar-refractivity contribution in [3.05, 3.63) is 52.1 Å². The molecule has 2 rings (SSSR count). The zero-order valence-corrected chi connectivity index (χ0v) is 13.7. The van der Waals surface area contributed by atoms with Crippen LogP contribution in [0.4, 0.5) is 10.2 Å². The molecule has 126 valence electrons. The van der Waals surface area contributed by atoms with Gasteiger partial charge in [0.15, 0.2) is 5.03 Å². The van der Waals surface area contributed by atoms with Crippen molar-refractivity contribution in [2.45, 2.75) is 11.9 Å². The zero-order valence-electron chi connectivity index (χ0n) is 12.9. The molecular formula is C14H14FN5O3S.